The lowest BCUT2D eigenvalue weighted by atomic mass is 9.75. The molecular weight excluding hydrogens is 1280 g/mol. The molecule has 3 amide bonds. The molecule has 2 aromatic carbocycles. The van der Waals surface area contributed by atoms with Crippen molar-refractivity contribution in [3.05, 3.63) is 71.6 Å². The van der Waals surface area contributed by atoms with Crippen molar-refractivity contribution in [2.24, 2.45) is 17.8 Å². The molecule has 3 aliphatic heterocycles. The van der Waals surface area contributed by atoms with Gasteiger partial charge in [-0.3, -0.25) is 14.4 Å². The lowest BCUT2D eigenvalue weighted by Crippen LogP contribution is -2.67. The van der Waals surface area contributed by atoms with Crippen LogP contribution < -0.4 is 16.0 Å². The number of benzene rings is 2. The predicted molar refractivity (Wildman–Crippen MR) is 305 cm³/mol. The van der Waals surface area contributed by atoms with E-state index in [-0.39, 0.29) is 74.1 Å². The number of carbonyl (C=O) groups is 4. The van der Waals surface area contributed by atoms with Crippen molar-refractivity contribution in [3.8, 4) is 22.5 Å². The highest BCUT2D eigenvalue weighted by atomic mass is 19.2. The minimum Gasteiger partial charge on any atom is -0.479 e. The normalized spacial score (nSPS) is 34.7. The van der Waals surface area contributed by atoms with E-state index < -0.39 is 218 Å². The summed E-state index contributed by atoms with van der Waals surface area (Å²) in [6, 6.07) is -1.84. The van der Waals surface area contributed by atoms with Crippen molar-refractivity contribution in [1.29, 1.82) is 0 Å². The van der Waals surface area contributed by atoms with Gasteiger partial charge in [0.1, 0.15) is 84.5 Å². The molecule has 526 valence electrons. The molecule has 13 N–H and O–H groups in total. The number of halogens is 6. The van der Waals surface area contributed by atoms with Crippen molar-refractivity contribution < 1.29 is 130 Å². The average molecular weight is 1360 g/mol. The van der Waals surface area contributed by atoms with Crippen LogP contribution in [0.15, 0.2) is 36.7 Å². The number of aromatic nitrogens is 6. The zero-order valence-electron chi connectivity index (χ0n) is 51.5. The Morgan fingerprint density at radius 2 is 1.14 bits per heavy atom. The highest BCUT2D eigenvalue weighted by Crippen LogP contribution is 2.42. The maximum Gasteiger partial charge on any atom is 0.332 e. The van der Waals surface area contributed by atoms with Gasteiger partial charge in [0.25, 0.3) is 0 Å². The number of hydrogen-bond donors (Lipinski definition) is 13. The lowest BCUT2D eigenvalue weighted by molar-refractivity contribution is -0.338. The molecule has 5 heterocycles. The van der Waals surface area contributed by atoms with Crippen LogP contribution in [0.4, 0.5) is 26.3 Å². The van der Waals surface area contributed by atoms with Crippen LogP contribution in [0.2, 0.25) is 0 Å². The van der Waals surface area contributed by atoms with Gasteiger partial charge in [0.05, 0.1) is 56.1 Å². The van der Waals surface area contributed by atoms with E-state index in [9.17, 15) is 96.6 Å². The van der Waals surface area contributed by atoms with E-state index in [1.54, 1.807) is 13.8 Å². The fourth-order valence-corrected chi connectivity index (χ4v) is 12.8. The maximum absolute atomic E-state index is 14.4. The number of rotatable bonds is 24. The molecule has 36 heteroatoms. The second-order valence-corrected chi connectivity index (χ2v) is 24.3. The topological polar surface area (TPSA) is 433 Å². The monoisotopic (exact) mass is 1360 g/mol. The Hall–Kier alpha value is -6.46. The first-order valence-corrected chi connectivity index (χ1v) is 30.9. The molecule has 0 bridgehead atoms. The van der Waals surface area contributed by atoms with Gasteiger partial charge >= 0.3 is 5.97 Å². The number of aliphatic hydroxyl groups excluding tert-OH is 9. The van der Waals surface area contributed by atoms with Crippen LogP contribution in [0, 0.1) is 52.7 Å². The fraction of sp³-hybridized carbons (Fsp3) is 0.661. The smallest absolute Gasteiger partial charge is 0.332 e. The summed E-state index contributed by atoms with van der Waals surface area (Å²) in [4.78, 5) is 53.9. The van der Waals surface area contributed by atoms with Gasteiger partial charge in [0.15, 0.2) is 59.9 Å². The summed E-state index contributed by atoms with van der Waals surface area (Å²) in [5.74, 6) is -15.9. The summed E-state index contributed by atoms with van der Waals surface area (Å²) < 4.78 is 130. The number of ether oxygens (including phenoxy) is 7. The summed E-state index contributed by atoms with van der Waals surface area (Å²) in [5.41, 5.74) is -1.01. The zero-order valence-corrected chi connectivity index (χ0v) is 51.5. The molecule has 2 saturated carbocycles. The number of nitrogens with one attached hydrogen (secondary N) is 3. The Balaban J connectivity index is 0.931. The van der Waals surface area contributed by atoms with Crippen LogP contribution in [-0.4, -0.2) is 248 Å². The van der Waals surface area contributed by atoms with Crippen LogP contribution in [0.1, 0.15) is 84.7 Å². The molecule has 5 aliphatic rings. The Bertz CT molecular complexity index is 3260. The largest absolute Gasteiger partial charge is 0.479 e. The number of aliphatic hydroxyl groups is 9. The number of nitrogens with zero attached hydrogens (tertiary/aromatic N) is 6. The van der Waals surface area contributed by atoms with Gasteiger partial charge in [-0.15, -0.1) is 10.2 Å². The van der Waals surface area contributed by atoms with Crippen molar-refractivity contribution in [2.75, 3.05) is 26.3 Å². The third kappa shape index (κ3) is 16.1. The van der Waals surface area contributed by atoms with Crippen molar-refractivity contribution in [1.82, 2.24) is 45.9 Å². The third-order valence-corrected chi connectivity index (χ3v) is 17.9. The minimum atomic E-state index is -1.97. The van der Waals surface area contributed by atoms with Crippen molar-refractivity contribution >= 4 is 23.7 Å². The number of carbonyl (C=O) groups excluding carboxylic acids is 3. The molecule has 0 spiro atoms. The second kappa shape index (κ2) is 31.4. The van der Waals surface area contributed by atoms with Gasteiger partial charge in [-0.2, -0.15) is 0 Å². The second-order valence-electron chi connectivity index (χ2n) is 24.3. The fourth-order valence-electron chi connectivity index (χ4n) is 12.8. The number of hydrogen-bond acceptors (Lipinski definition) is 24. The van der Waals surface area contributed by atoms with E-state index in [1.165, 1.54) is 6.92 Å². The number of carboxylic acid groups (broad SMARTS) is 1. The summed E-state index contributed by atoms with van der Waals surface area (Å²) >= 11 is 0. The van der Waals surface area contributed by atoms with Crippen molar-refractivity contribution in [3.63, 3.8) is 0 Å². The molecular formula is C59H77F6N9O21. The van der Waals surface area contributed by atoms with Gasteiger partial charge in [0, 0.05) is 43.0 Å². The summed E-state index contributed by atoms with van der Waals surface area (Å²) in [5, 5.41) is 134. The first-order valence-electron chi connectivity index (χ1n) is 30.9. The molecule has 30 nitrogen and oxygen atoms in total. The molecule has 24 atom stereocenters. The van der Waals surface area contributed by atoms with Crippen LogP contribution in [0.5, 0.6) is 0 Å². The van der Waals surface area contributed by atoms with Gasteiger partial charge in [0.2, 0.25) is 17.7 Å². The Morgan fingerprint density at radius 1 is 0.621 bits per heavy atom. The predicted octanol–water partition coefficient (Wildman–Crippen LogP) is -1.10. The van der Waals surface area contributed by atoms with Gasteiger partial charge in [-0.25, -0.2) is 40.5 Å². The molecule has 3 saturated heterocycles. The quantitative estimate of drug-likeness (QED) is 0.0225. The summed E-state index contributed by atoms with van der Waals surface area (Å²) in [6.45, 7) is 3.75. The van der Waals surface area contributed by atoms with Gasteiger partial charge in [-0.05, 0) is 69.2 Å². The maximum atomic E-state index is 14.4. The Morgan fingerprint density at radius 3 is 1.68 bits per heavy atom. The first-order chi connectivity index (χ1) is 45.2. The Kier molecular flexibility index (Phi) is 24.0. The van der Waals surface area contributed by atoms with E-state index in [1.807, 2.05) is 0 Å². The third-order valence-electron chi connectivity index (χ3n) is 17.9. The summed E-state index contributed by atoms with van der Waals surface area (Å²) in [6.07, 6.45) is -26.5. The zero-order chi connectivity index (χ0) is 69.0. The number of amides is 3. The van der Waals surface area contributed by atoms with Crippen LogP contribution in [-0.2, 0) is 52.3 Å². The molecule has 0 radical (unpaired) electrons. The minimum absolute atomic E-state index is 0.0240. The standard InChI is InChI=1S/C59H77F6N9O21/c1-5-7-36(56(87)88)90-53-43(68-23(4)77)57(93-40(21-76)48(53)81)92-38-17-27(10-24(6-2)52(38)95-59-51(84)50(83)45(78)22(3)89-59)54(85)66-8-9-67-55(86)28-15-35(73-18-33(69-71-73)25-11-29(60)41(64)30(61)12-25)46(79)37(16-28)91-58-49(82)44(47(80)39(20-75)94-58)74-19-34(70-72-74)26-13-31(62)42(65)32(63)14-26/h11-14,18-19,22,24,27-28,35-40,43-53,57-59,75-76,78-84H,5-10,15-17,20-21H2,1-4H3,(H,66,85)(H,67,86)(H,68,77)(H,87,88)/t22?,24?,27?,28?,35?,36-,37+,38+,39?,40?,43?,44?,45+,46?,47-,48-,49?,50?,51?,52?,53?,57+,58+,59-/m0/s1. The van der Waals surface area contributed by atoms with Gasteiger partial charge in [-0.1, -0.05) is 37.1 Å². The molecule has 2 aromatic heterocycles. The SMILES string of the molecule is CCC[C@H](OC1C(NC(C)=O)[C@H](O[C@@H]2CC(C(=O)NCCNC(=O)C3CC(n4cc(-c5cc(F)c(F)c(F)c5)nn4)C(O)[C@H](O[C@@H]4OC(CO)[C@H](O)C(n5cc(-c6cc(F)c(F)c(F)c6)nn5)C4O)C3)CC(CC)C2O[C@@H]2OC(C)[C@@H](O)C(O)C2O)OC(CO)[C@@H]1O)C(=O)O. The number of aliphatic carboxylic acids is 1. The highest BCUT2D eigenvalue weighted by molar-refractivity contribution is 5.80. The lowest BCUT2D eigenvalue weighted by Gasteiger charge is -2.49. The van der Waals surface area contributed by atoms with Crippen molar-refractivity contribution in [2.45, 2.75) is 201 Å². The highest BCUT2D eigenvalue weighted by Gasteiger charge is 2.54. The van der Waals surface area contributed by atoms with E-state index in [0.29, 0.717) is 30.7 Å². The first kappa shape index (κ1) is 72.8. The van der Waals surface area contributed by atoms with Crippen LogP contribution >= 0.6 is 0 Å². The summed E-state index contributed by atoms with van der Waals surface area (Å²) in [7, 11) is 0. The van der Waals surface area contributed by atoms with E-state index in [4.69, 9.17) is 33.2 Å². The van der Waals surface area contributed by atoms with E-state index in [0.717, 1.165) is 28.7 Å². The van der Waals surface area contributed by atoms with E-state index in [2.05, 4.69) is 36.6 Å². The Labute approximate surface area is 537 Å². The molecule has 4 aromatic rings. The molecule has 5 fully saturated rings. The van der Waals surface area contributed by atoms with Crippen LogP contribution in [0.25, 0.3) is 22.5 Å². The van der Waals surface area contributed by atoms with Crippen LogP contribution in [0.3, 0.4) is 0 Å². The molecule has 2 aliphatic carbocycles. The molecule has 95 heavy (non-hydrogen) atoms. The van der Waals surface area contributed by atoms with E-state index >= 15 is 0 Å². The number of carboxylic acids is 1. The van der Waals surface area contributed by atoms with Gasteiger partial charge < -0.3 is 100 Å². The molecule has 15 unspecified atom stereocenters. The average Bonchev–Trinajstić information content (AvgIpc) is 1.66. The molecule has 9 rings (SSSR count).